The normalized spacial score (nSPS) is 20.1. The minimum Gasteiger partial charge on any atom is -0.393 e. The standard InChI is InChI=1S/C19H27N3O/c1-2-3-18(14-4-5-14)21-16-6-7-19(15(12-16)13-20)22-10-8-17(23)9-11-22/h6-7,12,14,17-18,21,23H,2-5,8-11H2,1H3. The highest BCUT2D eigenvalue weighted by atomic mass is 16.3. The molecule has 4 nitrogen and oxygen atoms in total. The highest BCUT2D eigenvalue weighted by Gasteiger charge is 2.30. The second-order valence-electron chi connectivity index (χ2n) is 6.94. The molecule has 2 fully saturated rings. The summed E-state index contributed by atoms with van der Waals surface area (Å²) in [6, 6.07) is 9.05. The Balaban J connectivity index is 1.73. The topological polar surface area (TPSA) is 59.3 Å². The Morgan fingerprint density at radius 3 is 2.65 bits per heavy atom. The summed E-state index contributed by atoms with van der Waals surface area (Å²) in [6.45, 7) is 3.87. The lowest BCUT2D eigenvalue weighted by atomic mass is 10.0. The van der Waals surface area contributed by atoms with E-state index in [2.05, 4.69) is 35.3 Å². The maximum absolute atomic E-state index is 9.65. The fourth-order valence-corrected chi connectivity index (χ4v) is 3.55. The summed E-state index contributed by atoms with van der Waals surface area (Å²) in [6.07, 6.45) is 6.42. The molecule has 0 aromatic heterocycles. The number of aliphatic hydroxyl groups excluding tert-OH is 1. The lowest BCUT2D eigenvalue weighted by molar-refractivity contribution is 0.145. The Kier molecular flexibility index (Phi) is 5.07. The number of hydrogen-bond donors (Lipinski definition) is 2. The zero-order valence-corrected chi connectivity index (χ0v) is 14.0. The molecule has 1 saturated heterocycles. The maximum Gasteiger partial charge on any atom is 0.101 e. The zero-order valence-electron chi connectivity index (χ0n) is 14.0. The van der Waals surface area contributed by atoms with E-state index in [0.29, 0.717) is 6.04 Å². The molecule has 2 N–H and O–H groups in total. The minimum absolute atomic E-state index is 0.189. The first-order valence-electron chi connectivity index (χ1n) is 8.95. The quantitative estimate of drug-likeness (QED) is 0.844. The van der Waals surface area contributed by atoms with Gasteiger partial charge in [0, 0.05) is 24.8 Å². The third-order valence-electron chi connectivity index (χ3n) is 5.06. The molecule has 4 heteroatoms. The van der Waals surface area contributed by atoms with Gasteiger partial charge in [0.1, 0.15) is 6.07 Å². The van der Waals surface area contributed by atoms with E-state index in [1.165, 1.54) is 25.7 Å². The summed E-state index contributed by atoms with van der Waals surface area (Å²) in [4.78, 5) is 2.22. The average Bonchev–Trinajstić information content (AvgIpc) is 3.40. The second kappa shape index (κ2) is 7.23. The summed E-state index contributed by atoms with van der Waals surface area (Å²) in [5.74, 6) is 0.809. The van der Waals surface area contributed by atoms with Crippen molar-refractivity contribution >= 4 is 11.4 Å². The van der Waals surface area contributed by atoms with Crippen LogP contribution in [0.1, 0.15) is 51.0 Å². The molecule has 0 radical (unpaired) electrons. The molecule has 1 aliphatic heterocycles. The SMILES string of the molecule is CCCC(Nc1ccc(N2CCC(O)CC2)c(C#N)c1)C1CC1. The van der Waals surface area contributed by atoms with Gasteiger partial charge in [-0.3, -0.25) is 0 Å². The van der Waals surface area contributed by atoms with Crippen molar-refractivity contribution < 1.29 is 5.11 Å². The van der Waals surface area contributed by atoms with Crippen LogP contribution in [0.2, 0.25) is 0 Å². The van der Waals surface area contributed by atoms with Gasteiger partial charge in [-0.05, 0) is 56.2 Å². The second-order valence-corrected chi connectivity index (χ2v) is 6.94. The van der Waals surface area contributed by atoms with Gasteiger partial charge in [0.05, 0.1) is 17.4 Å². The number of nitrogens with zero attached hydrogens (tertiary/aromatic N) is 2. The monoisotopic (exact) mass is 313 g/mol. The van der Waals surface area contributed by atoms with Gasteiger partial charge in [-0.2, -0.15) is 5.26 Å². The largest absolute Gasteiger partial charge is 0.393 e. The highest BCUT2D eigenvalue weighted by molar-refractivity contribution is 5.66. The van der Waals surface area contributed by atoms with Gasteiger partial charge >= 0.3 is 0 Å². The van der Waals surface area contributed by atoms with Gasteiger partial charge < -0.3 is 15.3 Å². The van der Waals surface area contributed by atoms with Crippen molar-refractivity contribution in [1.82, 2.24) is 0 Å². The third kappa shape index (κ3) is 3.97. The van der Waals surface area contributed by atoms with Crippen LogP contribution in [0.5, 0.6) is 0 Å². The summed E-state index contributed by atoms with van der Waals surface area (Å²) in [5.41, 5.74) is 2.80. The van der Waals surface area contributed by atoms with Crippen LogP contribution in [0.4, 0.5) is 11.4 Å². The van der Waals surface area contributed by atoms with Crippen LogP contribution in [-0.2, 0) is 0 Å². The van der Waals surface area contributed by atoms with E-state index < -0.39 is 0 Å². The van der Waals surface area contributed by atoms with Crippen molar-refractivity contribution in [1.29, 1.82) is 5.26 Å². The lowest BCUT2D eigenvalue weighted by Gasteiger charge is -2.32. The summed E-state index contributed by atoms with van der Waals surface area (Å²) < 4.78 is 0. The van der Waals surface area contributed by atoms with Gasteiger partial charge in [-0.1, -0.05) is 13.3 Å². The number of anilines is 2. The smallest absolute Gasteiger partial charge is 0.101 e. The molecule has 124 valence electrons. The van der Waals surface area contributed by atoms with Gasteiger partial charge in [0.2, 0.25) is 0 Å². The minimum atomic E-state index is -0.189. The lowest BCUT2D eigenvalue weighted by Crippen LogP contribution is -2.36. The van der Waals surface area contributed by atoms with Crippen LogP contribution < -0.4 is 10.2 Å². The van der Waals surface area contributed by atoms with Crippen LogP contribution in [0, 0.1) is 17.2 Å². The Hall–Kier alpha value is -1.73. The molecule has 0 spiro atoms. The van der Waals surface area contributed by atoms with Gasteiger partial charge in [-0.25, -0.2) is 0 Å². The van der Waals surface area contributed by atoms with Crippen molar-refractivity contribution in [3.8, 4) is 6.07 Å². The fraction of sp³-hybridized carbons (Fsp3) is 0.632. The van der Waals surface area contributed by atoms with E-state index in [-0.39, 0.29) is 6.10 Å². The number of aliphatic hydroxyl groups is 1. The number of benzene rings is 1. The van der Waals surface area contributed by atoms with E-state index in [0.717, 1.165) is 48.8 Å². The van der Waals surface area contributed by atoms with Crippen molar-refractivity contribution in [2.75, 3.05) is 23.3 Å². The molecule has 0 amide bonds. The van der Waals surface area contributed by atoms with Crippen molar-refractivity contribution in [2.45, 2.75) is 57.6 Å². The molecule has 1 atom stereocenters. The molecule has 1 aromatic carbocycles. The predicted octanol–water partition coefficient (Wildman–Crippen LogP) is 3.51. The molecule has 3 rings (SSSR count). The zero-order chi connectivity index (χ0) is 16.2. The van der Waals surface area contributed by atoms with Crippen LogP contribution in [0.25, 0.3) is 0 Å². The van der Waals surface area contributed by atoms with Crippen LogP contribution in [0.15, 0.2) is 18.2 Å². The summed E-state index contributed by atoms with van der Waals surface area (Å²) in [5, 5.41) is 22.8. The molecule has 2 aliphatic rings. The Morgan fingerprint density at radius 1 is 1.30 bits per heavy atom. The Morgan fingerprint density at radius 2 is 2.04 bits per heavy atom. The number of nitriles is 1. The highest BCUT2D eigenvalue weighted by Crippen LogP contribution is 2.36. The van der Waals surface area contributed by atoms with Crippen molar-refractivity contribution in [3.63, 3.8) is 0 Å². The van der Waals surface area contributed by atoms with Crippen LogP contribution in [0.3, 0.4) is 0 Å². The Bertz CT molecular complexity index is 568. The van der Waals surface area contributed by atoms with Gasteiger partial charge in [0.25, 0.3) is 0 Å². The molecule has 1 saturated carbocycles. The maximum atomic E-state index is 9.65. The van der Waals surface area contributed by atoms with Crippen molar-refractivity contribution in [3.05, 3.63) is 23.8 Å². The first kappa shape index (κ1) is 16.1. The molecule has 1 aliphatic carbocycles. The molecular formula is C19H27N3O. The van der Waals surface area contributed by atoms with E-state index in [4.69, 9.17) is 0 Å². The molecule has 1 aromatic rings. The van der Waals surface area contributed by atoms with Crippen LogP contribution >= 0.6 is 0 Å². The number of rotatable bonds is 6. The van der Waals surface area contributed by atoms with E-state index >= 15 is 0 Å². The molecule has 1 unspecified atom stereocenters. The fourth-order valence-electron chi connectivity index (χ4n) is 3.55. The summed E-state index contributed by atoms with van der Waals surface area (Å²) >= 11 is 0. The first-order chi connectivity index (χ1) is 11.2. The molecule has 0 bridgehead atoms. The number of hydrogen-bond acceptors (Lipinski definition) is 4. The molecular weight excluding hydrogens is 286 g/mol. The molecule has 1 heterocycles. The Labute approximate surface area is 139 Å². The summed E-state index contributed by atoms with van der Waals surface area (Å²) in [7, 11) is 0. The number of piperidine rings is 1. The first-order valence-corrected chi connectivity index (χ1v) is 8.95. The number of nitrogens with one attached hydrogen (secondary N) is 1. The van der Waals surface area contributed by atoms with E-state index in [9.17, 15) is 10.4 Å². The predicted molar refractivity (Wildman–Crippen MR) is 93.7 cm³/mol. The van der Waals surface area contributed by atoms with E-state index in [1.54, 1.807) is 0 Å². The van der Waals surface area contributed by atoms with Crippen molar-refractivity contribution in [2.24, 2.45) is 5.92 Å². The third-order valence-corrected chi connectivity index (χ3v) is 5.06. The van der Waals surface area contributed by atoms with Gasteiger partial charge in [0.15, 0.2) is 0 Å². The molecule has 23 heavy (non-hydrogen) atoms. The van der Waals surface area contributed by atoms with Crippen LogP contribution in [-0.4, -0.2) is 30.3 Å². The van der Waals surface area contributed by atoms with Gasteiger partial charge in [-0.15, -0.1) is 0 Å². The average molecular weight is 313 g/mol. The van der Waals surface area contributed by atoms with E-state index in [1.807, 2.05) is 6.07 Å².